The second-order valence-electron chi connectivity index (χ2n) is 4.62. The van der Waals surface area contributed by atoms with Crippen LogP contribution in [0.1, 0.15) is 66.7 Å². The molecule has 0 rings (SSSR count). The second kappa shape index (κ2) is 5.61. The molecule has 74 valence electrons. The lowest BCUT2D eigenvalue weighted by Crippen LogP contribution is -2.17. The molecule has 0 heterocycles. The Labute approximate surface area is 78.8 Å². The first-order valence-corrected chi connectivity index (χ1v) is 5.58. The van der Waals surface area contributed by atoms with E-state index >= 15 is 0 Å². The summed E-state index contributed by atoms with van der Waals surface area (Å²) in [5, 5.41) is 0. The Morgan fingerprint density at radius 2 is 1.58 bits per heavy atom. The fourth-order valence-corrected chi connectivity index (χ4v) is 1.97. The van der Waals surface area contributed by atoms with Crippen molar-refractivity contribution in [3.8, 4) is 0 Å². The standard InChI is InChI=1S/C12H26/c1-6-9-11(4)10-12(5,7-2)8-3/h11H,6-10H2,1-5H3. The third kappa shape index (κ3) is 4.13. The molecule has 0 aromatic rings. The van der Waals surface area contributed by atoms with Crippen LogP contribution in [-0.4, -0.2) is 0 Å². The fourth-order valence-electron chi connectivity index (χ4n) is 1.97. The minimum Gasteiger partial charge on any atom is -0.0654 e. The molecule has 1 atom stereocenters. The molecule has 1 unspecified atom stereocenters. The lowest BCUT2D eigenvalue weighted by molar-refractivity contribution is 0.222. The largest absolute Gasteiger partial charge is 0.0654 e. The van der Waals surface area contributed by atoms with E-state index in [9.17, 15) is 0 Å². The van der Waals surface area contributed by atoms with Gasteiger partial charge < -0.3 is 0 Å². The van der Waals surface area contributed by atoms with Gasteiger partial charge in [0.25, 0.3) is 0 Å². The van der Waals surface area contributed by atoms with E-state index in [4.69, 9.17) is 0 Å². The van der Waals surface area contributed by atoms with Gasteiger partial charge in [0, 0.05) is 0 Å². The average Bonchev–Trinajstić information content (AvgIpc) is 2.05. The molecule has 0 aromatic carbocycles. The van der Waals surface area contributed by atoms with Gasteiger partial charge >= 0.3 is 0 Å². The van der Waals surface area contributed by atoms with Crippen LogP contribution in [0.25, 0.3) is 0 Å². The van der Waals surface area contributed by atoms with Gasteiger partial charge in [0.1, 0.15) is 0 Å². The highest BCUT2D eigenvalue weighted by Gasteiger charge is 2.21. The molecule has 12 heavy (non-hydrogen) atoms. The minimum absolute atomic E-state index is 0.606. The first-order chi connectivity index (χ1) is 5.58. The van der Waals surface area contributed by atoms with E-state index in [-0.39, 0.29) is 0 Å². The summed E-state index contributed by atoms with van der Waals surface area (Å²) in [5.74, 6) is 0.917. The van der Waals surface area contributed by atoms with Crippen molar-refractivity contribution in [1.29, 1.82) is 0 Å². The van der Waals surface area contributed by atoms with E-state index in [0.717, 1.165) is 5.92 Å². The molecule has 0 bridgehead atoms. The number of hydrogen-bond acceptors (Lipinski definition) is 0. The molecule has 0 heteroatoms. The Balaban J connectivity index is 3.84. The number of hydrogen-bond donors (Lipinski definition) is 0. The summed E-state index contributed by atoms with van der Waals surface area (Å²) in [6.07, 6.45) is 6.81. The zero-order chi connectivity index (χ0) is 9.61. The highest BCUT2D eigenvalue weighted by molar-refractivity contribution is 4.73. The van der Waals surface area contributed by atoms with Gasteiger partial charge in [0.05, 0.1) is 0 Å². The van der Waals surface area contributed by atoms with E-state index < -0.39 is 0 Å². The molecule has 0 saturated heterocycles. The molecule has 0 spiro atoms. The molecule has 0 saturated carbocycles. The van der Waals surface area contributed by atoms with Gasteiger partial charge in [-0.3, -0.25) is 0 Å². The van der Waals surface area contributed by atoms with Crippen molar-refractivity contribution < 1.29 is 0 Å². The predicted molar refractivity (Wildman–Crippen MR) is 57.4 cm³/mol. The Morgan fingerprint density at radius 3 is 1.92 bits per heavy atom. The van der Waals surface area contributed by atoms with Crippen LogP contribution in [0.15, 0.2) is 0 Å². The normalized spacial score (nSPS) is 14.8. The van der Waals surface area contributed by atoms with Crippen molar-refractivity contribution in [2.75, 3.05) is 0 Å². The second-order valence-corrected chi connectivity index (χ2v) is 4.62. The third-order valence-corrected chi connectivity index (χ3v) is 3.33. The van der Waals surface area contributed by atoms with Crippen LogP contribution in [0.4, 0.5) is 0 Å². The van der Waals surface area contributed by atoms with Crippen molar-refractivity contribution in [2.45, 2.75) is 66.7 Å². The Morgan fingerprint density at radius 1 is 1.08 bits per heavy atom. The maximum absolute atomic E-state index is 2.43. The maximum Gasteiger partial charge on any atom is -0.0329 e. The van der Waals surface area contributed by atoms with Gasteiger partial charge in [-0.25, -0.2) is 0 Å². The van der Waals surface area contributed by atoms with E-state index in [1.807, 2.05) is 0 Å². The predicted octanol–water partition coefficient (Wildman–Crippen LogP) is 4.64. The summed E-state index contributed by atoms with van der Waals surface area (Å²) < 4.78 is 0. The van der Waals surface area contributed by atoms with Crippen LogP contribution in [0.3, 0.4) is 0 Å². The molecule has 0 N–H and O–H groups in total. The lowest BCUT2D eigenvalue weighted by atomic mass is 9.76. The Hall–Kier alpha value is 0. The van der Waals surface area contributed by atoms with Gasteiger partial charge in [-0.15, -0.1) is 0 Å². The minimum atomic E-state index is 0.606. The summed E-state index contributed by atoms with van der Waals surface area (Å²) in [4.78, 5) is 0. The molecular formula is C12H26. The first-order valence-electron chi connectivity index (χ1n) is 5.58. The van der Waals surface area contributed by atoms with Gasteiger partial charge in [-0.1, -0.05) is 60.3 Å². The SMILES string of the molecule is CCCC(C)CC(C)(CC)CC. The molecular weight excluding hydrogens is 144 g/mol. The molecule has 0 fully saturated rings. The summed E-state index contributed by atoms with van der Waals surface area (Å²) >= 11 is 0. The van der Waals surface area contributed by atoms with Crippen LogP contribution in [0.2, 0.25) is 0 Å². The summed E-state index contributed by atoms with van der Waals surface area (Å²) in [6.45, 7) is 11.8. The zero-order valence-corrected chi connectivity index (χ0v) is 9.61. The van der Waals surface area contributed by atoms with Crippen molar-refractivity contribution in [3.05, 3.63) is 0 Å². The molecule has 0 amide bonds. The summed E-state index contributed by atoms with van der Waals surface area (Å²) in [5.41, 5.74) is 0.606. The lowest BCUT2D eigenvalue weighted by Gasteiger charge is -2.29. The average molecular weight is 170 g/mol. The smallest absolute Gasteiger partial charge is 0.0329 e. The van der Waals surface area contributed by atoms with E-state index in [0.29, 0.717) is 5.41 Å². The molecule has 0 aliphatic carbocycles. The van der Waals surface area contributed by atoms with Crippen molar-refractivity contribution >= 4 is 0 Å². The summed E-state index contributed by atoms with van der Waals surface area (Å²) in [6, 6.07) is 0. The van der Waals surface area contributed by atoms with Gasteiger partial charge in [-0.05, 0) is 17.8 Å². The first kappa shape index (κ1) is 12.0. The molecule has 0 aliphatic rings. The highest BCUT2D eigenvalue weighted by Crippen LogP contribution is 2.34. The quantitative estimate of drug-likeness (QED) is 0.545. The Bertz CT molecular complexity index is 101. The van der Waals surface area contributed by atoms with Crippen molar-refractivity contribution in [1.82, 2.24) is 0 Å². The monoisotopic (exact) mass is 170 g/mol. The molecule has 0 aliphatic heterocycles. The fraction of sp³-hybridized carbons (Fsp3) is 1.00. The number of rotatable bonds is 6. The van der Waals surface area contributed by atoms with Gasteiger partial charge in [0.2, 0.25) is 0 Å². The molecule has 0 nitrogen and oxygen atoms in total. The summed E-state index contributed by atoms with van der Waals surface area (Å²) in [7, 11) is 0. The van der Waals surface area contributed by atoms with E-state index in [2.05, 4.69) is 34.6 Å². The molecule has 0 aromatic heterocycles. The van der Waals surface area contributed by atoms with E-state index in [1.165, 1.54) is 32.1 Å². The van der Waals surface area contributed by atoms with Crippen LogP contribution in [0.5, 0.6) is 0 Å². The van der Waals surface area contributed by atoms with Crippen LogP contribution in [0, 0.1) is 11.3 Å². The van der Waals surface area contributed by atoms with Crippen LogP contribution in [-0.2, 0) is 0 Å². The molecule has 0 radical (unpaired) electrons. The zero-order valence-electron chi connectivity index (χ0n) is 9.61. The maximum atomic E-state index is 2.43. The van der Waals surface area contributed by atoms with Crippen LogP contribution >= 0.6 is 0 Å². The topological polar surface area (TPSA) is 0 Å². The third-order valence-electron chi connectivity index (χ3n) is 3.33. The van der Waals surface area contributed by atoms with Crippen LogP contribution < -0.4 is 0 Å². The Kier molecular flexibility index (Phi) is 5.61. The van der Waals surface area contributed by atoms with Crippen molar-refractivity contribution in [2.24, 2.45) is 11.3 Å². The highest BCUT2D eigenvalue weighted by atomic mass is 14.3. The van der Waals surface area contributed by atoms with E-state index in [1.54, 1.807) is 0 Å². The van der Waals surface area contributed by atoms with Gasteiger partial charge in [0.15, 0.2) is 0 Å². The van der Waals surface area contributed by atoms with Crippen molar-refractivity contribution in [3.63, 3.8) is 0 Å². The van der Waals surface area contributed by atoms with Gasteiger partial charge in [-0.2, -0.15) is 0 Å².